The Bertz CT molecular complexity index is 2480. The van der Waals surface area contributed by atoms with Crippen LogP contribution in [0.5, 0.6) is 57.5 Å². The maximum absolute atomic E-state index is 15.2. The fraction of sp³-hybridized carbons (Fsp3) is 0.472. The molecular formula is C53H69FN2O14+2. The van der Waals surface area contributed by atoms with Crippen molar-refractivity contribution in [2.24, 2.45) is 0 Å². The number of methoxy groups -OCH3 is 10. The average molecular weight is 977 g/mol. The van der Waals surface area contributed by atoms with E-state index in [1.807, 2.05) is 48.5 Å². The van der Waals surface area contributed by atoms with E-state index in [0.29, 0.717) is 105 Å². The quantitative estimate of drug-likeness (QED) is 0.0312. The number of hydrogen-bond donors (Lipinski definition) is 0. The highest BCUT2D eigenvalue weighted by Crippen LogP contribution is 2.49. The van der Waals surface area contributed by atoms with Gasteiger partial charge in [0.25, 0.3) is 0 Å². The number of carbonyl (C=O) groups is 2. The zero-order valence-corrected chi connectivity index (χ0v) is 42.6. The molecule has 0 bridgehead atoms. The van der Waals surface area contributed by atoms with E-state index < -0.39 is 17.8 Å². The molecule has 0 aliphatic carbocycles. The first-order chi connectivity index (χ1) is 33.7. The average Bonchev–Trinajstić information content (AvgIpc) is 3.37. The molecule has 0 fully saturated rings. The number of halogens is 1. The third-order valence-electron chi connectivity index (χ3n) is 13.8. The number of likely N-dealkylation sites (N-methyl/N-ethyl adjacent to an activating group) is 2. The smallest absolute Gasteiger partial charge is 0.367 e. The van der Waals surface area contributed by atoms with E-state index in [9.17, 15) is 9.59 Å². The lowest BCUT2D eigenvalue weighted by Gasteiger charge is -2.46. The number of fused-ring (bicyclic) bond motifs is 2. The van der Waals surface area contributed by atoms with Crippen molar-refractivity contribution < 1.29 is 79.8 Å². The predicted molar refractivity (Wildman–Crippen MR) is 259 cm³/mol. The van der Waals surface area contributed by atoms with Crippen molar-refractivity contribution in [3.63, 3.8) is 0 Å². The summed E-state index contributed by atoms with van der Waals surface area (Å²) in [7, 11) is 20.2. The summed E-state index contributed by atoms with van der Waals surface area (Å²) >= 11 is 0. The first-order valence-electron chi connectivity index (χ1n) is 23.2. The highest BCUT2D eigenvalue weighted by molar-refractivity contribution is 5.94. The third-order valence-corrected chi connectivity index (χ3v) is 13.8. The second-order valence-electron chi connectivity index (χ2n) is 17.8. The molecule has 6 rings (SSSR count). The lowest BCUT2D eigenvalue weighted by molar-refractivity contribution is -0.941. The van der Waals surface area contributed by atoms with Gasteiger partial charge in [-0.15, -0.1) is 0 Å². The Morgan fingerprint density at radius 3 is 1.47 bits per heavy atom. The number of hydrogen-bond acceptors (Lipinski definition) is 14. The van der Waals surface area contributed by atoms with Gasteiger partial charge in [0, 0.05) is 48.8 Å². The van der Waals surface area contributed by atoms with E-state index in [1.165, 1.54) is 0 Å². The van der Waals surface area contributed by atoms with Crippen molar-refractivity contribution in [3.05, 3.63) is 93.8 Å². The number of esters is 2. The van der Waals surface area contributed by atoms with Crippen LogP contribution in [0.25, 0.3) is 0 Å². The molecule has 4 atom stereocenters. The van der Waals surface area contributed by atoms with Crippen LogP contribution in [0.1, 0.15) is 58.3 Å². The standard InChI is InChI=1S/C53H69FN2O14/c1-55(19-15-34-26-41(59-3)43(61-5)30-37(34)40(55)23-33-24-45(63-7)51(67-11)46(25-33)64-8)17-13-22-70-53(58)39(54)32-49(57)69-21-14-18-56(2)20-16-35-27-42(60-4)44(62-6)31-38(35)50(56)36-28-47(65-9)52(68-12)48(29-36)66-10/h24-32,40,50H,13-23H2,1-12H3/q+2/b39-32-/t40-,50-,55-,56-/m0/s1. The van der Waals surface area contributed by atoms with Gasteiger partial charge in [-0.3, -0.25) is 0 Å². The van der Waals surface area contributed by atoms with Gasteiger partial charge in [-0.1, -0.05) is 0 Å². The van der Waals surface area contributed by atoms with E-state index >= 15 is 4.39 Å². The summed E-state index contributed by atoms with van der Waals surface area (Å²) < 4.78 is 83.9. The van der Waals surface area contributed by atoms with Gasteiger partial charge >= 0.3 is 11.9 Å². The van der Waals surface area contributed by atoms with Crippen LogP contribution in [0, 0.1) is 0 Å². The van der Waals surface area contributed by atoms with Gasteiger partial charge in [0.15, 0.2) is 46.0 Å². The van der Waals surface area contributed by atoms with E-state index in [4.69, 9.17) is 56.8 Å². The normalized spacial score (nSPS) is 19.4. The molecule has 0 saturated carbocycles. The van der Waals surface area contributed by atoms with Crippen LogP contribution in [0.4, 0.5) is 4.39 Å². The molecular weight excluding hydrogens is 908 g/mol. The van der Waals surface area contributed by atoms with Crippen molar-refractivity contribution in [1.29, 1.82) is 0 Å². The molecule has 4 aromatic rings. The molecule has 0 N–H and O–H groups in total. The number of carbonyl (C=O) groups excluding carboxylic acids is 2. The Balaban J connectivity index is 1.10. The van der Waals surface area contributed by atoms with Gasteiger partial charge in [-0.05, 0) is 65.2 Å². The molecule has 0 aromatic heterocycles. The van der Waals surface area contributed by atoms with Crippen LogP contribution >= 0.6 is 0 Å². The summed E-state index contributed by atoms with van der Waals surface area (Å²) in [6, 6.07) is 15.6. The molecule has 0 amide bonds. The summed E-state index contributed by atoms with van der Waals surface area (Å²) in [6.45, 7) is 2.60. The Kier molecular flexibility index (Phi) is 17.6. The molecule has 0 unspecified atom stereocenters. The van der Waals surface area contributed by atoms with Crippen LogP contribution < -0.4 is 47.4 Å². The molecule has 380 valence electrons. The highest BCUT2D eigenvalue weighted by atomic mass is 19.1. The number of quaternary nitrogens is 2. The first-order valence-corrected chi connectivity index (χ1v) is 23.2. The molecule has 2 heterocycles. The number of rotatable bonds is 23. The van der Waals surface area contributed by atoms with Gasteiger partial charge in [0.2, 0.25) is 17.3 Å². The molecule has 2 aliphatic rings. The first kappa shape index (κ1) is 52.8. The zero-order valence-electron chi connectivity index (χ0n) is 42.6. The van der Waals surface area contributed by atoms with Gasteiger partial charge in [-0.25, -0.2) is 9.59 Å². The van der Waals surface area contributed by atoms with Gasteiger partial charge < -0.3 is 65.8 Å². The minimum atomic E-state index is -1.34. The van der Waals surface area contributed by atoms with Crippen molar-refractivity contribution in [1.82, 2.24) is 0 Å². The molecule has 70 heavy (non-hydrogen) atoms. The number of benzene rings is 4. The molecule has 16 nitrogen and oxygen atoms in total. The summed E-state index contributed by atoms with van der Waals surface area (Å²) in [4.78, 5) is 25.7. The number of nitrogens with zero attached hydrogens (tertiary/aromatic N) is 2. The molecule has 0 saturated heterocycles. The molecule has 4 aromatic carbocycles. The van der Waals surface area contributed by atoms with Gasteiger partial charge in [-0.2, -0.15) is 4.39 Å². The SMILES string of the molecule is COc1cc2c(cc1OC)[C@H](c1cc(OC)c(OC)c(OC)c1)[N@@+](C)(CCCOC(=O)/C=C(\F)C(=O)OCCC[N@@+]1(C)CCc3cc(OC)c(OC)cc3[C@@H]1Cc1cc(OC)c(OC)c(OC)c1)CC2. The fourth-order valence-electron chi connectivity index (χ4n) is 10.2. The van der Waals surface area contributed by atoms with Crippen LogP contribution in [0.3, 0.4) is 0 Å². The summed E-state index contributed by atoms with van der Waals surface area (Å²) in [5, 5.41) is 0. The molecule has 17 heteroatoms. The maximum Gasteiger partial charge on any atom is 0.367 e. The second-order valence-corrected chi connectivity index (χ2v) is 17.8. The fourth-order valence-corrected chi connectivity index (χ4v) is 10.2. The van der Waals surface area contributed by atoms with Gasteiger partial charge in [0.05, 0.1) is 131 Å². The van der Waals surface area contributed by atoms with Crippen LogP contribution in [-0.4, -0.2) is 145 Å². The minimum absolute atomic E-state index is 0.0121. The van der Waals surface area contributed by atoms with Crippen LogP contribution in [-0.2, 0) is 38.3 Å². The van der Waals surface area contributed by atoms with Crippen LogP contribution in [0.15, 0.2) is 60.4 Å². The van der Waals surface area contributed by atoms with E-state index in [0.717, 1.165) is 59.3 Å². The topological polar surface area (TPSA) is 145 Å². The van der Waals surface area contributed by atoms with Crippen molar-refractivity contribution in [2.45, 2.75) is 44.2 Å². The van der Waals surface area contributed by atoms with E-state index in [2.05, 4.69) is 14.1 Å². The highest BCUT2D eigenvalue weighted by Gasteiger charge is 2.43. The summed E-state index contributed by atoms with van der Waals surface area (Å²) in [6.07, 6.45) is 3.51. The Hall–Kier alpha value is -6.59. The molecule has 2 aliphatic heterocycles. The predicted octanol–water partition coefficient (Wildman–Crippen LogP) is 7.57. The Labute approximate surface area is 410 Å². The lowest BCUT2D eigenvalue weighted by atomic mass is 9.85. The molecule has 0 spiro atoms. The monoisotopic (exact) mass is 976 g/mol. The van der Waals surface area contributed by atoms with Crippen molar-refractivity contribution in [3.8, 4) is 57.5 Å². The third kappa shape index (κ3) is 11.2. The largest absolute Gasteiger partial charge is 0.493 e. The van der Waals surface area contributed by atoms with Crippen LogP contribution in [0.2, 0.25) is 0 Å². The van der Waals surface area contributed by atoms with Gasteiger partial charge in [0.1, 0.15) is 12.1 Å². The maximum atomic E-state index is 15.2. The lowest BCUT2D eigenvalue weighted by Crippen LogP contribution is -2.52. The molecule has 0 radical (unpaired) electrons. The van der Waals surface area contributed by atoms with Crippen molar-refractivity contribution >= 4 is 11.9 Å². The van der Waals surface area contributed by atoms with Crippen molar-refractivity contribution in [2.75, 3.05) is 125 Å². The zero-order chi connectivity index (χ0) is 50.8. The summed E-state index contributed by atoms with van der Waals surface area (Å²) in [5.41, 5.74) is 6.27. The Morgan fingerprint density at radius 2 is 0.971 bits per heavy atom. The summed E-state index contributed by atoms with van der Waals surface area (Å²) in [5.74, 6) is 2.05. The number of ether oxygens (including phenoxy) is 12. The Morgan fingerprint density at radius 1 is 0.543 bits per heavy atom. The minimum Gasteiger partial charge on any atom is -0.493 e. The van der Waals surface area contributed by atoms with E-state index in [-0.39, 0.29) is 25.3 Å². The second kappa shape index (κ2) is 23.3. The van der Waals surface area contributed by atoms with E-state index in [1.54, 1.807) is 71.1 Å².